The normalized spacial score (nSPS) is 10.6. The van der Waals surface area contributed by atoms with Crippen LogP contribution in [0.3, 0.4) is 0 Å². The number of nitro benzene ring substituents is 1. The molecule has 0 amide bonds. The minimum absolute atomic E-state index is 0.0424. The monoisotopic (exact) mass is 261 g/mol. The molecular formula is C9H5Cl2NO4. The van der Waals surface area contributed by atoms with Crippen LogP contribution in [0.15, 0.2) is 18.2 Å². The van der Waals surface area contributed by atoms with Crippen LogP contribution in [0, 0.1) is 10.1 Å². The average Bonchev–Trinajstić information content (AvgIpc) is 2.18. The number of benzene rings is 1. The summed E-state index contributed by atoms with van der Waals surface area (Å²) >= 11 is 11.3. The number of rotatable bonds is 3. The van der Waals surface area contributed by atoms with Crippen molar-refractivity contribution in [3.05, 3.63) is 43.9 Å². The zero-order valence-electron chi connectivity index (χ0n) is 7.68. The van der Waals surface area contributed by atoms with Gasteiger partial charge in [0.1, 0.15) is 0 Å². The zero-order chi connectivity index (χ0) is 12.3. The van der Waals surface area contributed by atoms with E-state index in [4.69, 9.17) is 28.3 Å². The van der Waals surface area contributed by atoms with Crippen molar-refractivity contribution in [2.24, 2.45) is 0 Å². The van der Waals surface area contributed by atoms with Crippen LogP contribution >= 0.6 is 23.2 Å². The molecule has 1 aromatic rings. The second-order valence-corrected chi connectivity index (χ2v) is 3.57. The van der Waals surface area contributed by atoms with Gasteiger partial charge in [0.05, 0.1) is 20.5 Å². The number of carboxylic acids is 1. The van der Waals surface area contributed by atoms with Gasteiger partial charge in [0.25, 0.3) is 5.69 Å². The number of halogens is 2. The summed E-state index contributed by atoms with van der Waals surface area (Å²) in [5.74, 6) is -1.21. The molecule has 0 saturated carbocycles. The fourth-order valence-electron chi connectivity index (χ4n) is 1.00. The first-order valence-corrected chi connectivity index (χ1v) is 4.72. The molecule has 0 aromatic heterocycles. The third-order valence-electron chi connectivity index (χ3n) is 1.67. The van der Waals surface area contributed by atoms with Gasteiger partial charge in [0.15, 0.2) is 0 Å². The molecule has 5 nitrogen and oxygen atoms in total. The van der Waals surface area contributed by atoms with Crippen LogP contribution in [0.25, 0.3) is 6.08 Å². The van der Waals surface area contributed by atoms with E-state index in [-0.39, 0.29) is 21.3 Å². The molecule has 7 heteroatoms. The highest BCUT2D eigenvalue weighted by atomic mass is 35.5. The first kappa shape index (κ1) is 12.5. The van der Waals surface area contributed by atoms with Crippen LogP contribution in [0.5, 0.6) is 0 Å². The van der Waals surface area contributed by atoms with Gasteiger partial charge in [-0.15, -0.1) is 0 Å². The summed E-state index contributed by atoms with van der Waals surface area (Å²) < 4.78 is 0. The van der Waals surface area contributed by atoms with E-state index in [9.17, 15) is 14.9 Å². The fourth-order valence-corrected chi connectivity index (χ4v) is 1.33. The van der Waals surface area contributed by atoms with E-state index in [1.165, 1.54) is 6.07 Å². The lowest BCUT2D eigenvalue weighted by molar-refractivity contribution is -0.385. The van der Waals surface area contributed by atoms with E-state index in [2.05, 4.69) is 0 Å². The van der Waals surface area contributed by atoms with Gasteiger partial charge in [0, 0.05) is 12.1 Å². The number of nitrogens with zero attached hydrogens (tertiary/aromatic N) is 1. The first-order valence-electron chi connectivity index (χ1n) is 3.96. The van der Waals surface area contributed by atoms with Crippen molar-refractivity contribution in [3.8, 4) is 0 Å². The summed E-state index contributed by atoms with van der Waals surface area (Å²) in [4.78, 5) is 20.3. The molecule has 0 spiro atoms. The first-order chi connectivity index (χ1) is 7.41. The number of carboxylic acid groups (broad SMARTS) is 1. The summed E-state index contributed by atoms with van der Waals surface area (Å²) in [6, 6.07) is 2.31. The number of aliphatic carboxylic acids is 1. The van der Waals surface area contributed by atoms with E-state index in [1.807, 2.05) is 0 Å². The molecule has 0 aliphatic heterocycles. The average molecular weight is 262 g/mol. The Morgan fingerprint density at radius 2 is 1.94 bits per heavy atom. The summed E-state index contributed by atoms with van der Waals surface area (Å²) in [7, 11) is 0. The van der Waals surface area contributed by atoms with E-state index in [0.29, 0.717) is 0 Å². The Kier molecular flexibility index (Phi) is 3.87. The molecule has 0 fully saturated rings. The van der Waals surface area contributed by atoms with E-state index in [0.717, 1.165) is 18.2 Å². The molecule has 0 heterocycles. The molecule has 0 bridgehead atoms. The van der Waals surface area contributed by atoms with Crippen LogP contribution in [0.4, 0.5) is 5.69 Å². The Morgan fingerprint density at radius 3 is 2.44 bits per heavy atom. The third kappa shape index (κ3) is 2.95. The van der Waals surface area contributed by atoms with Gasteiger partial charge in [-0.05, 0) is 12.1 Å². The second-order valence-electron chi connectivity index (χ2n) is 2.75. The van der Waals surface area contributed by atoms with Gasteiger partial charge < -0.3 is 5.11 Å². The second kappa shape index (κ2) is 4.96. The third-order valence-corrected chi connectivity index (χ3v) is 2.39. The molecule has 0 unspecified atom stereocenters. The standard InChI is InChI=1S/C9H5Cl2NO4/c10-6-3-5(1-2-9(13)14)8(12(15)16)4-7(6)11/h1-4H,(H,13,14). The molecular weight excluding hydrogens is 257 g/mol. The van der Waals surface area contributed by atoms with Crippen LogP contribution in [-0.2, 0) is 4.79 Å². The lowest BCUT2D eigenvalue weighted by Gasteiger charge is -2.00. The van der Waals surface area contributed by atoms with Crippen LogP contribution in [-0.4, -0.2) is 16.0 Å². The van der Waals surface area contributed by atoms with Crippen molar-refractivity contribution < 1.29 is 14.8 Å². The van der Waals surface area contributed by atoms with Crippen LogP contribution in [0.1, 0.15) is 5.56 Å². The van der Waals surface area contributed by atoms with Crippen molar-refractivity contribution in [1.82, 2.24) is 0 Å². The molecule has 84 valence electrons. The van der Waals surface area contributed by atoms with Crippen molar-refractivity contribution in [3.63, 3.8) is 0 Å². The van der Waals surface area contributed by atoms with Gasteiger partial charge in [-0.25, -0.2) is 4.79 Å². The van der Waals surface area contributed by atoms with Crippen molar-refractivity contribution in [1.29, 1.82) is 0 Å². The lowest BCUT2D eigenvalue weighted by atomic mass is 10.1. The van der Waals surface area contributed by atoms with Gasteiger partial charge in [-0.1, -0.05) is 23.2 Å². The Balaban J connectivity index is 3.30. The van der Waals surface area contributed by atoms with E-state index >= 15 is 0 Å². The van der Waals surface area contributed by atoms with Crippen molar-refractivity contribution >= 4 is 40.9 Å². The highest BCUT2D eigenvalue weighted by Crippen LogP contribution is 2.31. The molecule has 1 rings (SSSR count). The molecule has 1 aromatic carbocycles. The minimum Gasteiger partial charge on any atom is -0.478 e. The molecule has 0 aliphatic rings. The number of nitro groups is 1. The Bertz CT molecular complexity index is 485. The van der Waals surface area contributed by atoms with E-state index in [1.54, 1.807) is 0 Å². The molecule has 0 atom stereocenters. The SMILES string of the molecule is O=C(O)C=Cc1cc(Cl)c(Cl)cc1[N+](=O)[O-]. The molecule has 1 N–H and O–H groups in total. The summed E-state index contributed by atoms with van der Waals surface area (Å²) in [5, 5.41) is 19.2. The highest BCUT2D eigenvalue weighted by Gasteiger charge is 2.15. The predicted octanol–water partition coefficient (Wildman–Crippen LogP) is 3.00. The topological polar surface area (TPSA) is 80.4 Å². The number of hydrogen-bond donors (Lipinski definition) is 1. The smallest absolute Gasteiger partial charge is 0.328 e. The van der Waals surface area contributed by atoms with Gasteiger partial charge in [-0.3, -0.25) is 10.1 Å². The van der Waals surface area contributed by atoms with Gasteiger partial charge in [0.2, 0.25) is 0 Å². The Hall–Kier alpha value is -1.59. The molecule has 16 heavy (non-hydrogen) atoms. The minimum atomic E-state index is -1.21. The van der Waals surface area contributed by atoms with Gasteiger partial charge in [-0.2, -0.15) is 0 Å². The number of carbonyl (C=O) groups is 1. The summed E-state index contributed by atoms with van der Waals surface area (Å²) in [6.07, 6.45) is 1.87. The highest BCUT2D eigenvalue weighted by molar-refractivity contribution is 6.42. The van der Waals surface area contributed by atoms with Gasteiger partial charge >= 0.3 is 5.97 Å². The maximum absolute atomic E-state index is 10.7. The maximum Gasteiger partial charge on any atom is 0.328 e. The Morgan fingerprint density at radius 1 is 1.38 bits per heavy atom. The quantitative estimate of drug-likeness (QED) is 0.515. The lowest BCUT2D eigenvalue weighted by Crippen LogP contribution is -1.93. The Labute approximate surface area is 100 Å². The maximum atomic E-state index is 10.7. The zero-order valence-corrected chi connectivity index (χ0v) is 9.20. The summed E-state index contributed by atoms with van der Waals surface area (Å²) in [6.45, 7) is 0. The van der Waals surface area contributed by atoms with Crippen molar-refractivity contribution in [2.45, 2.75) is 0 Å². The number of hydrogen-bond acceptors (Lipinski definition) is 3. The molecule has 0 saturated heterocycles. The largest absolute Gasteiger partial charge is 0.478 e. The predicted molar refractivity (Wildman–Crippen MR) is 59.8 cm³/mol. The van der Waals surface area contributed by atoms with Crippen LogP contribution in [0.2, 0.25) is 10.0 Å². The van der Waals surface area contributed by atoms with Crippen LogP contribution < -0.4 is 0 Å². The summed E-state index contributed by atoms with van der Waals surface area (Å²) in [5.41, 5.74) is -0.214. The molecule has 0 aliphatic carbocycles. The fraction of sp³-hybridized carbons (Fsp3) is 0. The molecule has 0 radical (unpaired) electrons. The van der Waals surface area contributed by atoms with E-state index < -0.39 is 10.9 Å². The van der Waals surface area contributed by atoms with Crippen molar-refractivity contribution in [2.75, 3.05) is 0 Å².